The molecule has 188 valence electrons. The van der Waals surface area contributed by atoms with Crippen molar-refractivity contribution in [1.82, 2.24) is 14.9 Å². The van der Waals surface area contributed by atoms with Crippen molar-refractivity contribution in [2.75, 3.05) is 19.0 Å². The highest BCUT2D eigenvalue weighted by atomic mass is 35.5. The molecular formula is C27H22ClFN4O3S. The number of aromatic nitrogens is 2. The number of anilines is 2. The van der Waals surface area contributed by atoms with Crippen LogP contribution >= 0.6 is 22.9 Å². The number of halogens is 2. The molecule has 3 heterocycles. The van der Waals surface area contributed by atoms with Gasteiger partial charge in [-0.05, 0) is 54.8 Å². The average Bonchev–Trinajstić information content (AvgIpc) is 3.54. The quantitative estimate of drug-likeness (QED) is 0.298. The van der Waals surface area contributed by atoms with Crippen LogP contribution in [0.3, 0.4) is 0 Å². The van der Waals surface area contributed by atoms with Crippen molar-refractivity contribution in [3.05, 3.63) is 76.1 Å². The molecule has 5 rings (SSSR count). The first-order valence-electron chi connectivity index (χ1n) is 11.5. The van der Waals surface area contributed by atoms with Crippen LogP contribution in [0.15, 0.2) is 54.9 Å². The molecule has 1 fully saturated rings. The molecule has 1 amide bonds. The zero-order valence-electron chi connectivity index (χ0n) is 19.8. The normalized spacial score (nSPS) is 14.8. The third-order valence-electron chi connectivity index (χ3n) is 5.81. The van der Waals surface area contributed by atoms with Crippen LogP contribution in [0.5, 0.6) is 5.75 Å². The summed E-state index contributed by atoms with van der Waals surface area (Å²) >= 11 is 7.91. The molecule has 0 radical (unpaired) electrons. The van der Waals surface area contributed by atoms with E-state index in [0.29, 0.717) is 28.7 Å². The first kappa shape index (κ1) is 24.8. The second-order valence-electron chi connectivity index (χ2n) is 8.33. The number of benzene rings is 2. The molecule has 37 heavy (non-hydrogen) atoms. The number of thiophene rings is 1. The number of fused-ring (bicyclic) bond motifs is 1. The molecule has 1 aliphatic heterocycles. The molecule has 1 unspecified atom stereocenters. The summed E-state index contributed by atoms with van der Waals surface area (Å²) < 4.78 is 24.9. The van der Waals surface area contributed by atoms with Crippen molar-refractivity contribution in [3.63, 3.8) is 0 Å². The molecule has 1 atom stereocenters. The van der Waals surface area contributed by atoms with Gasteiger partial charge in [0.15, 0.2) is 5.82 Å². The predicted molar refractivity (Wildman–Crippen MR) is 142 cm³/mol. The number of hydrogen-bond acceptors (Lipinski definition) is 7. The highest BCUT2D eigenvalue weighted by molar-refractivity contribution is 7.20. The number of likely N-dealkylation sites (tertiary alicyclic amines) is 1. The number of nitrogens with zero attached hydrogens (tertiary/aromatic N) is 3. The molecule has 2 aromatic heterocycles. The number of rotatable bonds is 5. The second kappa shape index (κ2) is 11.0. The van der Waals surface area contributed by atoms with E-state index in [1.54, 1.807) is 29.2 Å². The molecule has 7 nitrogen and oxygen atoms in total. The Labute approximate surface area is 222 Å². The van der Waals surface area contributed by atoms with E-state index < -0.39 is 0 Å². The van der Waals surface area contributed by atoms with Crippen LogP contribution in [0.1, 0.15) is 23.3 Å². The summed E-state index contributed by atoms with van der Waals surface area (Å²) in [4.78, 5) is 23.2. The Hall–Kier alpha value is -3.87. The maximum atomic E-state index is 13.4. The Kier molecular flexibility index (Phi) is 7.40. The van der Waals surface area contributed by atoms with Gasteiger partial charge in [0.1, 0.15) is 24.5 Å². The second-order valence-corrected chi connectivity index (χ2v) is 9.79. The van der Waals surface area contributed by atoms with Gasteiger partial charge in [-0.3, -0.25) is 4.90 Å². The predicted octanol–water partition coefficient (Wildman–Crippen LogP) is 6.39. The van der Waals surface area contributed by atoms with Gasteiger partial charge in [-0.25, -0.2) is 19.2 Å². The van der Waals surface area contributed by atoms with Gasteiger partial charge in [-0.1, -0.05) is 35.6 Å². The van der Waals surface area contributed by atoms with E-state index in [1.807, 2.05) is 12.1 Å². The molecule has 2 aromatic carbocycles. The molecule has 0 spiro atoms. The summed E-state index contributed by atoms with van der Waals surface area (Å²) in [5.74, 6) is 7.19. The maximum absolute atomic E-state index is 13.4. The summed E-state index contributed by atoms with van der Waals surface area (Å²) in [5.41, 5.74) is 2.21. The summed E-state index contributed by atoms with van der Waals surface area (Å²) in [6.07, 6.45) is 2.86. The fraction of sp³-hybridized carbons (Fsp3) is 0.222. The van der Waals surface area contributed by atoms with Crippen molar-refractivity contribution in [3.8, 4) is 17.6 Å². The van der Waals surface area contributed by atoms with Gasteiger partial charge in [0.05, 0.1) is 33.3 Å². The molecular weight excluding hydrogens is 515 g/mol. The number of ether oxygens (including phenoxy) is 2. The topological polar surface area (TPSA) is 76.6 Å². The third-order valence-corrected chi connectivity index (χ3v) is 7.15. The Balaban J connectivity index is 1.30. The zero-order chi connectivity index (χ0) is 25.8. The van der Waals surface area contributed by atoms with E-state index in [4.69, 9.17) is 21.1 Å². The summed E-state index contributed by atoms with van der Waals surface area (Å²) in [6, 6.07) is 13.3. The standard InChI is InChI=1S/C27H22ClFN4O3S/c1-35-27(34)33-11-3-6-20(33)8-9-21-14-23-25(37-21)26(31-16-30-23)32-19-7-10-24(22(28)13-19)36-15-17-4-2-5-18(29)12-17/h2,4-5,7,10,12-14,16,20H,3,6,11,15H2,1H3,(H,30,31,32). The molecule has 1 N–H and O–H groups in total. The van der Waals surface area contributed by atoms with Gasteiger partial charge in [-0.15, -0.1) is 11.3 Å². The van der Waals surface area contributed by atoms with Crippen LogP contribution in [-0.2, 0) is 11.3 Å². The lowest BCUT2D eigenvalue weighted by Crippen LogP contribution is -2.34. The van der Waals surface area contributed by atoms with Gasteiger partial charge in [-0.2, -0.15) is 0 Å². The zero-order valence-corrected chi connectivity index (χ0v) is 21.4. The molecule has 0 bridgehead atoms. The van der Waals surface area contributed by atoms with Crippen molar-refractivity contribution in [1.29, 1.82) is 0 Å². The Morgan fingerprint density at radius 3 is 2.97 bits per heavy atom. The number of carbonyl (C=O) groups is 1. The highest BCUT2D eigenvalue weighted by Gasteiger charge is 2.27. The molecule has 10 heteroatoms. The lowest BCUT2D eigenvalue weighted by molar-refractivity contribution is 0.126. The van der Waals surface area contributed by atoms with Crippen molar-refractivity contribution < 1.29 is 18.7 Å². The van der Waals surface area contributed by atoms with Crippen LogP contribution in [-0.4, -0.2) is 40.7 Å². The number of carbonyl (C=O) groups excluding carboxylic acids is 1. The summed E-state index contributed by atoms with van der Waals surface area (Å²) in [6.45, 7) is 0.850. The molecule has 1 saturated heterocycles. The van der Waals surface area contributed by atoms with E-state index >= 15 is 0 Å². The van der Waals surface area contributed by atoms with Gasteiger partial charge in [0.2, 0.25) is 0 Å². The molecule has 0 saturated carbocycles. The van der Waals surface area contributed by atoms with Crippen molar-refractivity contribution in [2.45, 2.75) is 25.5 Å². The van der Waals surface area contributed by atoms with Crippen molar-refractivity contribution >= 4 is 50.8 Å². The van der Waals surface area contributed by atoms with Gasteiger partial charge in [0, 0.05) is 12.2 Å². The molecule has 0 aliphatic carbocycles. The van der Waals surface area contributed by atoms with Crippen LogP contribution in [0.25, 0.3) is 10.2 Å². The summed E-state index contributed by atoms with van der Waals surface area (Å²) in [5, 5.41) is 3.70. The monoisotopic (exact) mass is 536 g/mol. The Morgan fingerprint density at radius 1 is 1.27 bits per heavy atom. The van der Waals surface area contributed by atoms with Crippen LogP contribution in [0.4, 0.5) is 20.7 Å². The van der Waals surface area contributed by atoms with E-state index in [1.165, 1.54) is 36.9 Å². The highest BCUT2D eigenvalue weighted by Crippen LogP contribution is 2.33. The minimum atomic E-state index is -0.352. The van der Waals surface area contributed by atoms with E-state index in [0.717, 1.165) is 33.6 Å². The maximum Gasteiger partial charge on any atom is 0.410 e. The van der Waals surface area contributed by atoms with Crippen molar-refractivity contribution in [2.24, 2.45) is 0 Å². The van der Waals surface area contributed by atoms with Crippen LogP contribution < -0.4 is 10.1 Å². The first-order valence-corrected chi connectivity index (χ1v) is 12.7. The number of nitrogens with one attached hydrogen (secondary N) is 1. The SMILES string of the molecule is COC(=O)N1CCCC1C#Cc1cc2ncnc(Nc3ccc(OCc4cccc(F)c4)c(Cl)c3)c2s1. The lowest BCUT2D eigenvalue weighted by atomic mass is 10.2. The minimum absolute atomic E-state index is 0.162. The number of hydrogen-bond donors (Lipinski definition) is 1. The van der Waals surface area contributed by atoms with Gasteiger partial charge in [0.25, 0.3) is 0 Å². The number of amides is 1. The number of methoxy groups -OCH3 is 1. The fourth-order valence-corrected chi connectivity index (χ4v) is 5.18. The lowest BCUT2D eigenvalue weighted by Gasteiger charge is -2.18. The van der Waals surface area contributed by atoms with Gasteiger partial charge < -0.3 is 14.8 Å². The summed E-state index contributed by atoms with van der Waals surface area (Å²) in [7, 11) is 1.38. The minimum Gasteiger partial charge on any atom is -0.487 e. The Bertz CT molecular complexity index is 1520. The fourth-order valence-electron chi connectivity index (χ4n) is 4.03. The smallest absolute Gasteiger partial charge is 0.410 e. The van der Waals surface area contributed by atoms with Crippen LogP contribution in [0.2, 0.25) is 5.02 Å². The van der Waals surface area contributed by atoms with Gasteiger partial charge >= 0.3 is 6.09 Å². The average molecular weight is 537 g/mol. The van der Waals surface area contributed by atoms with E-state index in [9.17, 15) is 9.18 Å². The van der Waals surface area contributed by atoms with Crippen LogP contribution in [0, 0.1) is 17.7 Å². The van der Waals surface area contributed by atoms with E-state index in [-0.39, 0.29) is 24.6 Å². The third kappa shape index (κ3) is 5.77. The largest absolute Gasteiger partial charge is 0.487 e. The Morgan fingerprint density at radius 2 is 2.16 bits per heavy atom. The molecule has 4 aromatic rings. The first-order chi connectivity index (χ1) is 18.0. The van der Waals surface area contributed by atoms with E-state index in [2.05, 4.69) is 27.1 Å². The molecule has 1 aliphatic rings.